The van der Waals surface area contributed by atoms with Crippen LogP contribution in [0.5, 0.6) is 5.75 Å². The zero-order chi connectivity index (χ0) is 29.4. The Morgan fingerprint density at radius 3 is 2.58 bits per heavy atom. The van der Waals surface area contributed by atoms with Crippen LogP contribution < -0.4 is 10.6 Å². The van der Waals surface area contributed by atoms with Crippen molar-refractivity contribution in [3.63, 3.8) is 0 Å². The highest BCUT2D eigenvalue weighted by atomic mass is 19.4. The van der Waals surface area contributed by atoms with Crippen molar-refractivity contribution < 1.29 is 42.1 Å². The van der Waals surface area contributed by atoms with Crippen LogP contribution >= 0.6 is 0 Å². The van der Waals surface area contributed by atoms with Crippen molar-refractivity contribution in [2.75, 3.05) is 46.3 Å². The molecule has 1 atom stereocenters. The van der Waals surface area contributed by atoms with E-state index in [0.29, 0.717) is 36.1 Å². The Bertz CT molecular complexity index is 1210. The molecule has 14 heteroatoms. The number of rotatable bonds is 10. The number of likely N-dealkylation sites (tertiary alicyclic amines) is 1. The van der Waals surface area contributed by atoms with Crippen molar-refractivity contribution in [2.24, 2.45) is 0 Å². The number of piperidine rings is 1. The third kappa shape index (κ3) is 7.72. The molecule has 2 aromatic rings. The third-order valence-corrected chi connectivity index (χ3v) is 6.71. The van der Waals surface area contributed by atoms with Gasteiger partial charge in [-0.05, 0) is 49.6 Å². The maximum atomic E-state index is 13.4. The highest BCUT2D eigenvalue weighted by molar-refractivity contribution is 5.76. The average molecular weight is 570 g/mol. The molecule has 1 saturated heterocycles. The smallest absolute Gasteiger partial charge is 0.416 e. The van der Waals surface area contributed by atoms with Gasteiger partial charge in [-0.2, -0.15) is 13.2 Å². The predicted octanol–water partition coefficient (Wildman–Crippen LogP) is 3.62. The van der Waals surface area contributed by atoms with Crippen LogP contribution in [-0.4, -0.2) is 79.3 Å². The molecule has 0 spiro atoms. The lowest BCUT2D eigenvalue weighted by molar-refractivity contribution is -0.141. The van der Waals surface area contributed by atoms with Gasteiger partial charge in [0.25, 0.3) is 0 Å². The summed E-state index contributed by atoms with van der Waals surface area (Å²) in [5.41, 5.74) is 0.260. The minimum atomic E-state index is -4.67. The van der Waals surface area contributed by atoms with Crippen molar-refractivity contribution in [3.05, 3.63) is 34.4 Å². The number of benzene rings is 1. The number of hydrogen-bond acceptors (Lipinski definition) is 10. The Morgan fingerprint density at radius 1 is 1.18 bits per heavy atom. The van der Waals surface area contributed by atoms with Gasteiger partial charge in [-0.3, -0.25) is 4.79 Å². The number of carbonyl (C=O) groups is 2. The number of alkyl halides is 3. The summed E-state index contributed by atoms with van der Waals surface area (Å²) in [6.07, 6.45) is -3.40. The molecule has 1 fully saturated rings. The molecule has 1 amide bonds. The number of nitrogens with zero attached hydrogens (tertiary/aromatic N) is 3. The molecule has 220 valence electrons. The molecular weight excluding hydrogens is 535 g/mol. The van der Waals surface area contributed by atoms with E-state index in [1.54, 1.807) is 6.92 Å². The number of methoxy groups -OCH3 is 3. The second kappa shape index (κ2) is 13.6. The van der Waals surface area contributed by atoms with E-state index in [4.69, 9.17) is 9.47 Å². The standard InChI is InChI=1S/C26H34F3N5O6/c1-15-19(12-30-25(37)40-4)24(31-18-6-5-8-34(13-18)9-7-21(36)39-3)33-32-23(15)22-16(14-38-2)10-17(11-20(22)35)26(27,28)29/h10-11,18,35H,5-9,12-14H2,1-4H3,(H,30,37)(H,31,33)/t18-/m1/s1. The normalized spacial score (nSPS) is 15.9. The SMILES string of the molecule is COCc1cc(C(F)(F)F)cc(O)c1-c1nnc(N[C@@H]2CCCN(CCC(=O)OC)C2)c(CNC(=O)OC)c1C. The molecule has 1 aliphatic heterocycles. The van der Waals surface area contributed by atoms with E-state index in [9.17, 15) is 27.9 Å². The number of carbonyl (C=O) groups excluding carboxylic acids is 2. The van der Waals surface area contributed by atoms with Crippen LogP contribution in [0, 0.1) is 6.92 Å². The lowest BCUT2D eigenvalue weighted by Gasteiger charge is -2.33. The Kier molecular flexibility index (Phi) is 10.5. The lowest BCUT2D eigenvalue weighted by Crippen LogP contribution is -2.43. The van der Waals surface area contributed by atoms with E-state index in [1.807, 2.05) is 0 Å². The summed E-state index contributed by atoms with van der Waals surface area (Å²) in [6, 6.07) is 1.49. The molecule has 3 rings (SSSR count). The van der Waals surface area contributed by atoms with Gasteiger partial charge in [-0.15, -0.1) is 10.2 Å². The summed E-state index contributed by atoms with van der Waals surface area (Å²) in [5.74, 6) is -0.541. The van der Waals surface area contributed by atoms with Gasteiger partial charge >= 0.3 is 18.2 Å². The largest absolute Gasteiger partial charge is 0.507 e. The first-order chi connectivity index (χ1) is 19.0. The van der Waals surface area contributed by atoms with Crippen molar-refractivity contribution in [1.82, 2.24) is 20.4 Å². The summed E-state index contributed by atoms with van der Waals surface area (Å²) >= 11 is 0. The third-order valence-electron chi connectivity index (χ3n) is 6.71. The van der Waals surface area contributed by atoms with E-state index in [-0.39, 0.29) is 48.4 Å². The van der Waals surface area contributed by atoms with Crippen LogP contribution in [0.25, 0.3) is 11.3 Å². The van der Waals surface area contributed by atoms with Crippen molar-refractivity contribution in [3.8, 4) is 17.0 Å². The highest BCUT2D eigenvalue weighted by Gasteiger charge is 2.33. The topological polar surface area (TPSA) is 135 Å². The van der Waals surface area contributed by atoms with Crippen LogP contribution in [0.1, 0.15) is 41.5 Å². The molecule has 0 bridgehead atoms. The summed E-state index contributed by atoms with van der Waals surface area (Å²) in [4.78, 5) is 25.6. The van der Waals surface area contributed by atoms with Gasteiger partial charge in [0.05, 0.1) is 39.4 Å². The van der Waals surface area contributed by atoms with Crippen LogP contribution in [-0.2, 0) is 38.3 Å². The lowest BCUT2D eigenvalue weighted by atomic mass is 9.95. The fourth-order valence-electron chi connectivity index (χ4n) is 4.67. The Balaban J connectivity index is 1.99. The molecule has 0 saturated carbocycles. The molecule has 0 radical (unpaired) electrons. The van der Waals surface area contributed by atoms with Crippen molar-refractivity contribution >= 4 is 17.9 Å². The van der Waals surface area contributed by atoms with E-state index in [2.05, 4.69) is 30.5 Å². The number of halogens is 3. The number of nitrogens with one attached hydrogen (secondary N) is 2. The van der Waals surface area contributed by atoms with Crippen molar-refractivity contribution in [1.29, 1.82) is 0 Å². The number of phenolic OH excluding ortho intramolecular Hbond substituents is 1. The van der Waals surface area contributed by atoms with Crippen molar-refractivity contribution in [2.45, 2.75) is 51.6 Å². The zero-order valence-electron chi connectivity index (χ0n) is 22.9. The summed E-state index contributed by atoms with van der Waals surface area (Å²) < 4.78 is 54.8. The number of hydrogen-bond donors (Lipinski definition) is 3. The van der Waals surface area contributed by atoms with Gasteiger partial charge in [0.2, 0.25) is 0 Å². The molecule has 1 aliphatic rings. The number of amides is 1. The highest BCUT2D eigenvalue weighted by Crippen LogP contribution is 2.41. The molecule has 1 aromatic carbocycles. The minimum Gasteiger partial charge on any atom is -0.507 e. The summed E-state index contributed by atoms with van der Waals surface area (Å²) in [6.45, 7) is 3.43. The van der Waals surface area contributed by atoms with E-state index in [1.165, 1.54) is 21.3 Å². The van der Waals surface area contributed by atoms with E-state index in [0.717, 1.165) is 25.5 Å². The number of alkyl carbamates (subject to hydrolysis) is 1. The molecule has 0 aliphatic carbocycles. The summed E-state index contributed by atoms with van der Waals surface area (Å²) in [5, 5.41) is 25.3. The molecule has 11 nitrogen and oxygen atoms in total. The first-order valence-corrected chi connectivity index (χ1v) is 12.6. The van der Waals surface area contributed by atoms with Gasteiger partial charge in [0, 0.05) is 37.4 Å². The van der Waals surface area contributed by atoms with Crippen LogP contribution in [0.3, 0.4) is 0 Å². The quantitative estimate of drug-likeness (QED) is 0.364. The van der Waals surface area contributed by atoms with Gasteiger partial charge in [0.15, 0.2) is 5.82 Å². The molecular formula is C26H34F3N5O6. The van der Waals surface area contributed by atoms with Crippen LogP contribution in [0.4, 0.5) is 23.8 Å². The van der Waals surface area contributed by atoms with Gasteiger partial charge < -0.3 is 34.9 Å². The minimum absolute atomic E-state index is 0.0247. The predicted molar refractivity (Wildman–Crippen MR) is 139 cm³/mol. The Hall–Kier alpha value is -3.65. The molecule has 3 N–H and O–H groups in total. The Morgan fingerprint density at radius 2 is 1.93 bits per heavy atom. The number of ether oxygens (including phenoxy) is 3. The van der Waals surface area contributed by atoms with Gasteiger partial charge in [0.1, 0.15) is 11.4 Å². The van der Waals surface area contributed by atoms with Gasteiger partial charge in [-0.25, -0.2) is 4.79 Å². The second-order valence-electron chi connectivity index (χ2n) is 9.42. The van der Waals surface area contributed by atoms with Gasteiger partial charge in [-0.1, -0.05) is 0 Å². The molecule has 0 unspecified atom stereocenters. The number of esters is 1. The molecule has 1 aromatic heterocycles. The zero-order valence-corrected chi connectivity index (χ0v) is 22.9. The van der Waals surface area contributed by atoms with Crippen LogP contribution in [0.15, 0.2) is 12.1 Å². The molecule has 2 heterocycles. The fourth-order valence-corrected chi connectivity index (χ4v) is 4.67. The van der Waals surface area contributed by atoms with E-state index >= 15 is 0 Å². The Labute approximate surface area is 230 Å². The second-order valence-corrected chi connectivity index (χ2v) is 9.42. The number of aromatic nitrogens is 2. The first-order valence-electron chi connectivity index (χ1n) is 12.6. The number of phenols is 1. The monoisotopic (exact) mass is 569 g/mol. The molecule has 40 heavy (non-hydrogen) atoms. The summed E-state index contributed by atoms with van der Waals surface area (Å²) in [7, 11) is 3.90. The van der Waals surface area contributed by atoms with Crippen LogP contribution in [0.2, 0.25) is 0 Å². The average Bonchev–Trinajstić information content (AvgIpc) is 2.91. The maximum absolute atomic E-state index is 13.4. The first kappa shape index (κ1) is 30.9. The van der Waals surface area contributed by atoms with E-state index < -0.39 is 23.6 Å². The fraction of sp³-hybridized carbons (Fsp3) is 0.538. The number of aromatic hydroxyl groups is 1. The number of anilines is 1. The maximum Gasteiger partial charge on any atom is 0.416 e.